The van der Waals surface area contributed by atoms with E-state index in [-0.39, 0.29) is 6.04 Å². The van der Waals surface area contributed by atoms with Gasteiger partial charge in [-0.15, -0.1) is 0 Å². The summed E-state index contributed by atoms with van der Waals surface area (Å²) in [6, 6.07) is -0.342. The van der Waals surface area contributed by atoms with E-state index in [2.05, 4.69) is 23.6 Å². The third kappa shape index (κ3) is 4.28. The number of carboxylic acids is 1. The molecule has 1 heterocycles. The van der Waals surface area contributed by atoms with E-state index in [9.17, 15) is 4.79 Å². The Morgan fingerprint density at radius 1 is 1.18 bits per heavy atom. The highest BCUT2D eigenvalue weighted by atomic mass is 16.4. The lowest BCUT2D eigenvalue weighted by atomic mass is 10.0. The van der Waals surface area contributed by atoms with Crippen molar-refractivity contribution in [2.24, 2.45) is 5.92 Å². The molecule has 4 heteroatoms. The van der Waals surface area contributed by atoms with Gasteiger partial charge in [-0.25, -0.2) is 0 Å². The molecule has 100 valence electrons. The molecule has 0 aliphatic carbocycles. The standard InChI is InChI=1S/C13H26N2O2/c1-4-12(5-2)10-14-6-8-15(9-7-14)11(3)13(16)17/h11-12H,4-10H2,1-3H3,(H,16,17). The summed E-state index contributed by atoms with van der Waals surface area (Å²) in [5.41, 5.74) is 0. The fraction of sp³-hybridized carbons (Fsp3) is 0.923. The summed E-state index contributed by atoms with van der Waals surface area (Å²) >= 11 is 0. The van der Waals surface area contributed by atoms with E-state index < -0.39 is 5.97 Å². The molecule has 0 bridgehead atoms. The SMILES string of the molecule is CCC(CC)CN1CCN(C(C)C(=O)O)CC1. The van der Waals surface area contributed by atoms with E-state index in [1.54, 1.807) is 6.92 Å². The Morgan fingerprint density at radius 3 is 2.12 bits per heavy atom. The normalized spacial score (nSPS) is 20.7. The molecule has 1 atom stereocenters. The third-order valence-electron chi connectivity index (χ3n) is 3.98. The van der Waals surface area contributed by atoms with Crippen LogP contribution in [0, 0.1) is 5.92 Å². The maximum Gasteiger partial charge on any atom is 0.320 e. The second-order valence-electron chi connectivity index (χ2n) is 5.03. The van der Waals surface area contributed by atoms with E-state index in [0.717, 1.165) is 32.1 Å². The molecule has 0 radical (unpaired) electrons. The van der Waals surface area contributed by atoms with E-state index in [0.29, 0.717) is 0 Å². The Bertz CT molecular complexity index is 234. The summed E-state index contributed by atoms with van der Waals surface area (Å²) in [4.78, 5) is 15.4. The molecule has 0 saturated carbocycles. The Balaban J connectivity index is 2.33. The molecule has 1 N–H and O–H groups in total. The lowest BCUT2D eigenvalue weighted by Crippen LogP contribution is -2.52. The second-order valence-corrected chi connectivity index (χ2v) is 5.03. The number of nitrogens with zero attached hydrogens (tertiary/aromatic N) is 2. The zero-order chi connectivity index (χ0) is 12.8. The number of rotatable bonds is 6. The molecule has 1 saturated heterocycles. The molecule has 4 nitrogen and oxygen atoms in total. The van der Waals surface area contributed by atoms with Gasteiger partial charge in [0.05, 0.1) is 0 Å². The highest BCUT2D eigenvalue weighted by Gasteiger charge is 2.25. The number of hydrogen-bond acceptors (Lipinski definition) is 3. The first-order valence-corrected chi connectivity index (χ1v) is 6.77. The Morgan fingerprint density at radius 2 is 1.71 bits per heavy atom. The van der Waals surface area contributed by atoms with Gasteiger partial charge in [0.15, 0.2) is 0 Å². The maximum absolute atomic E-state index is 10.9. The molecule has 0 spiro atoms. The lowest BCUT2D eigenvalue weighted by molar-refractivity contribution is -0.143. The van der Waals surface area contributed by atoms with Crippen LogP contribution in [0.1, 0.15) is 33.6 Å². The molecular weight excluding hydrogens is 216 g/mol. The highest BCUT2D eigenvalue weighted by molar-refractivity contribution is 5.72. The third-order valence-corrected chi connectivity index (χ3v) is 3.98. The molecule has 1 rings (SSSR count). The number of piperazine rings is 1. The first kappa shape index (κ1) is 14.5. The van der Waals surface area contributed by atoms with Gasteiger partial charge in [-0.2, -0.15) is 0 Å². The van der Waals surface area contributed by atoms with Gasteiger partial charge in [0.25, 0.3) is 0 Å². The first-order chi connectivity index (χ1) is 8.08. The van der Waals surface area contributed by atoms with Crippen molar-refractivity contribution in [2.45, 2.75) is 39.7 Å². The fourth-order valence-electron chi connectivity index (χ4n) is 2.40. The van der Waals surface area contributed by atoms with Crippen molar-refractivity contribution in [3.05, 3.63) is 0 Å². The van der Waals surface area contributed by atoms with Crippen molar-refractivity contribution in [2.75, 3.05) is 32.7 Å². The number of carbonyl (C=O) groups is 1. The van der Waals surface area contributed by atoms with Crippen molar-refractivity contribution in [1.82, 2.24) is 9.80 Å². The van der Waals surface area contributed by atoms with Crippen LogP contribution in [0.2, 0.25) is 0 Å². The predicted molar refractivity (Wildman–Crippen MR) is 69.2 cm³/mol. The van der Waals surface area contributed by atoms with Crippen molar-refractivity contribution in [1.29, 1.82) is 0 Å². The van der Waals surface area contributed by atoms with Crippen LogP contribution in [-0.2, 0) is 4.79 Å². The van der Waals surface area contributed by atoms with Gasteiger partial charge in [-0.1, -0.05) is 26.7 Å². The fourth-order valence-corrected chi connectivity index (χ4v) is 2.40. The van der Waals surface area contributed by atoms with Gasteiger partial charge in [0.2, 0.25) is 0 Å². The van der Waals surface area contributed by atoms with Crippen molar-refractivity contribution in [3.63, 3.8) is 0 Å². The van der Waals surface area contributed by atoms with Crippen LogP contribution in [0.15, 0.2) is 0 Å². The average Bonchev–Trinajstić information content (AvgIpc) is 2.35. The van der Waals surface area contributed by atoms with E-state index in [4.69, 9.17) is 5.11 Å². The largest absolute Gasteiger partial charge is 0.480 e. The Hall–Kier alpha value is -0.610. The van der Waals surface area contributed by atoms with Gasteiger partial charge in [0.1, 0.15) is 6.04 Å². The molecule has 0 aromatic rings. The van der Waals surface area contributed by atoms with E-state index >= 15 is 0 Å². The zero-order valence-corrected chi connectivity index (χ0v) is 11.4. The molecule has 1 fully saturated rings. The van der Waals surface area contributed by atoms with Gasteiger partial charge < -0.3 is 10.0 Å². The molecule has 1 unspecified atom stereocenters. The smallest absolute Gasteiger partial charge is 0.320 e. The molecule has 0 aromatic heterocycles. The van der Waals surface area contributed by atoms with Crippen LogP contribution >= 0.6 is 0 Å². The predicted octanol–water partition coefficient (Wildman–Crippen LogP) is 1.51. The number of carboxylic acid groups (broad SMARTS) is 1. The zero-order valence-electron chi connectivity index (χ0n) is 11.4. The number of hydrogen-bond donors (Lipinski definition) is 1. The highest BCUT2D eigenvalue weighted by Crippen LogP contribution is 2.13. The lowest BCUT2D eigenvalue weighted by Gasteiger charge is -2.37. The van der Waals surface area contributed by atoms with Crippen LogP contribution in [-0.4, -0.2) is 59.6 Å². The van der Waals surface area contributed by atoms with Gasteiger partial charge in [0, 0.05) is 32.7 Å². The van der Waals surface area contributed by atoms with Crippen molar-refractivity contribution in [3.8, 4) is 0 Å². The average molecular weight is 242 g/mol. The van der Waals surface area contributed by atoms with E-state index in [1.165, 1.54) is 19.4 Å². The summed E-state index contributed by atoms with van der Waals surface area (Å²) in [6.45, 7) is 11.2. The summed E-state index contributed by atoms with van der Waals surface area (Å²) < 4.78 is 0. The first-order valence-electron chi connectivity index (χ1n) is 6.77. The van der Waals surface area contributed by atoms with E-state index in [1.807, 2.05) is 0 Å². The minimum absolute atomic E-state index is 0.342. The van der Waals surface area contributed by atoms with Crippen LogP contribution in [0.25, 0.3) is 0 Å². The monoisotopic (exact) mass is 242 g/mol. The van der Waals surface area contributed by atoms with Crippen molar-refractivity contribution < 1.29 is 9.90 Å². The van der Waals surface area contributed by atoms with Gasteiger partial charge in [-0.05, 0) is 12.8 Å². The molecule has 17 heavy (non-hydrogen) atoms. The summed E-state index contributed by atoms with van der Waals surface area (Å²) in [5.74, 6) is 0.0805. The molecular formula is C13H26N2O2. The Kier molecular flexibility index (Phi) is 5.92. The van der Waals surface area contributed by atoms with Crippen LogP contribution in [0.5, 0.6) is 0 Å². The van der Waals surface area contributed by atoms with Crippen LogP contribution in [0.3, 0.4) is 0 Å². The molecule has 0 aromatic carbocycles. The molecule has 1 aliphatic heterocycles. The minimum Gasteiger partial charge on any atom is -0.480 e. The molecule has 1 aliphatic rings. The topological polar surface area (TPSA) is 43.8 Å². The Labute approximate surface area is 105 Å². The quantitative estimate of drug-likeness (QED) is 0.767. The van der Waals surface area contributed by atoms with Gasteiger partial charge in [-0.3, -0.25) is 9.69 Å². The minimum atomic E-state index is -0.710. The van der Waals surface area contributed by atoms with Crippen LogP contribution < -0.4 is 0 Å². The summed E-state index contributed by atoms with van der Waals surface area (Å²) in [6.07, 6.45) is 2.48. The summed E-state index contributed by atoms with van der Waals surface area (Å²) in [5, 5.41) is 8.97. The maximum atomic E-state index is 10.9. The molecule has 0 amide bonds. The van der Waals surface area contributed by atoms with Crippen molar-refractivity contribution >= 4 is 5.97 Å². The van der Waals surface area contributed by atoms with Gasteiger partial charge >= 0.3 is 5.97 Å². The summed E-state index contributed by atoms with van der Waals surface area (Å²) in [7, 11) is 0. The second kappa shape index (κ2) is 6.97. The number of aliphatic carboxylic acids is 1. The van der Waals surface area contributed by atoms with Crippen LogP contribution in [0.4, 0.5) is 0 Å².